The van der Waals surface area contributed by atoms with Crippen LogP contribution in [0.2, 0.25) is 0 Å². The van der Waals surface area contributed by atoms with Gasteiger partial charge in [0.25, 0.3) is 0 Å². The number of rotatable bonds is 7. The van der Waals surface area contributed by atoms with E-state index in [2.05, 4.69) is 47.3 Å². The zero-order valence-corrected chi connectivity index (χ0v) is 13.4. The second kappa shape index (κ2) is 9.02. The molecule has 0 saturated carbocycles. The van der Waals surface area contributed by atoms with Gasteiger partial charge in [0.05, 0.1) is 13.2 Å². The van der Waals surface area contributed by atoms with E-state index in [1.54, 1.807) is 20.2 Å². The SMILES string of the molecule is C=CCNC(=NC)NCC(c1ccccc1OC)N(C)C. The summed E-state index contributed by atoms with van der Waals surface area (Å²) in [6.45, 7) is 5.10. The van der Waals surface area contributed by atoms with Gasteiger partial charge in [-0.05, 0) is 20.2 Å². The normalized spacial score (nSPS) is 12.9. The third-order valence-corrected chi connectivity index (χ3v) is 3.22. The van der Waals surface area contributed by atoms with E-state index in [0.29, 0.717) is 6.54 Å². The molecule has 0 aliphatic rings. The zero-order chi connectivity index (χ0) is 15.7. The zero-order valence-electron chi connectivity index (χ0n) is 13.4. The van der Waals surface area contributed by atoms with Crippen LogP contribution in [0.15, 0.2) is 41.9 Å². The monoisotopic (exact) mass is 290 g/mol. The lowest BCUT2D eigenvalue weighted by Gasteiger charge is -2.27. The van der Waals surface area contributed by atoms with Crippen molar-refractivity contribution in [3.8, 4) is 5.75 Å². The number of hydrogen-bond acceptors (Lipinski definition) is 3. The number of methoxy groups -OCH3 is 1. The van der Waals surface area contributed by atoms with Gasteiger partial charge in [0.15, 0.2) is 5.96 Å². The first kappa shape index (κ1) is 17.0. The molecule has 5 nitrogen and oxygen atoms in total. The summed E-state index contributed by atoms with van der Waals surface area (Å²) in [5.41, 5.74) is 1.15. The Morgan fingerprint density at radius 1 is 1.38 bits per heavy atom. The molecule has 0 fully saturated rings. The van der Waals surface area contributed by atoms with Crippen LogP contribution in [0, 0.1) is 0 Å². The highest BCUT2D eigenvalue weighted by atomic mass is 16.5. The molecule has 0 radical (unpaired) electrons. The molecule has 1 rings (SSSR count). The van der Waals surface area contributed by atoms with Crippen LogP contribution in [0.5, 0.6) is 5.75 Å². The highest BCUT2D eigenvalue weighted by Gasteiger charge is 2.18. The highest BCUT2D eigenvalue weighted by molar-refractivity contribution is 5.79. The summed E-state index contributed by atoms with van der Waals surface area (Å²) in [6, 6.07) is 8.26. The molecule has 0 heterocycles. The third kappa shape index (κ3) is 5.11. The Kier molecular flexibility index (Phi) is 7.32. The van der Waals surface area contributed by atoms with Crippen molar-refractivity contribution >= 4 is 5.96 Å². The topological polar surface area (TPSA) is 48.9 Å². The molecule has 0 bridgehead atoms. The van der Waals surface area contributed by atoms with Crippen molar-refractivity contribution in [2.45, 2.75) is 6.04 Å². The fraction of sp³-hybridized carbons (Fsp3) is 0.438. The van der Waals surface area contributed by atoms with Crippen LogP contribution < -0.4 is 15.4 Å². The third-order valence-electron chi connectivity index (χ3n) is 3.22. The van der Waals surface area contributed by atoms with Gasteiger partial charge in [-0.25, -0.2) is 0 Å². The summed E-state index contributed by atoms with van der Waals surface area (Å²) in [6.07, 6.45) is 1.80. The Hall–Kier alpha value is -2.01. The van der Waals surface area contributed by atoms with E-state index in [1.165, 1.54) is 0 Å². The fourth-order valence-electron chi connectivity index (χ4n) is 2.10. The summed E-state index contributed by atoms with van der Waals surface area (Å²) >= 11 is 0. The van der Waals surface area contributed by atoms with Crippen LogP contribution in [0.25, 0.3) is 0 Å². The van der Waals surface area contributed by atoms with Crippen LogP contribution in [0.3, 0.4) is 0 Å². The molecule has 116 valence electrons. The van der Waals surface area contributed by atoms with Gasteiger partial charge in [0.1, 0.15) is 5.75 Å². The van der Waals surface area contributed by atoms with E-state index >= 15 is 0 Å². The molecule has 0 aliphatic heterocycles. The Morgan fingerprint density at radius 2 is 2.10 bits per heavy atom. The van der Waals surface area contributed by atoms with Crippen molar-refractivity contribution in [3.63, 3.8) is 0 Å². The smallest absolute Gasteiger partial charge is 0.191 e. The number of nitrogens with zero attached hydrogens (tertiary/aromatic N) is 2. The average molecular weight is 290 g/mol. The molecule has 0 amide bonds. The molecule has 1 atom stereocenters. The maximum Gasteiger partial charge on any atom is 0.191 e. The van der Waals surface area contributed by atoms with Gasteiger partial charge < -0.3 is 20.3 Å². The largest absolute Gasteiger partial charge is 0.496 e. The predicted octanol–water partition coefficient (Wildman–Crippen LogP) is 1.65. The Bertz CT molecular complexity index is 471. The van der Waals surface area contributed by atoms with Gasteiger partial charge in [-0.2, -0.15) is 0 Å². The molecule has 0 spiro atoms. The number of ether oxygens (including phenoxy) is 1. The van der Waals surface area contributed by atoms with Crippen LogP contribution in [0.1, 0.15) is 11.6 Å². The van der Waals surface area contributed by atoms with Crippen LogP contribution in [-0.2, 0) is 0 Å². The van der Waals surface area contributed by atoms with E-state index in [1.807, 2.05) is 18.2 Å². The predicted molar refractivity (Wildman–Crippen MR) is 89.0 cm³/mol. The molecule has 21 heavy (non-hydrogen) atoms. The van der Waals surface area contributed by atoms with E-state index in [4.69, 9.17) is 4.74 Å². The van der Waals surface area contributed by atoms with Gasteiger partial charge in [0.2, 0.25) is 0 Å². The molecule has 0 aromatic heterocycles. The molecule has 2 N–H and O–H groups in total. The quantitative estimate of drug-likeness (QED) is 0.455. The molecular weight excluding hydrogens is 264 g/mol. The standard InChI is InChI=1S/C16H26N4O/c1-6-11-18-16(17-2)19-12-14(20(3)4)13-9-7-8-10-15(13)21-5/h6-10,14H,1,11-12H2,2-5H3,(H2,17,18,19). The Labute approximate surface area is 127 Å². The Morgan fingerprint density at radius 3 is 2.67 bits per heavy atom. The number of likely N-dealkylation sites (N-methyl/N-ethyl adjacent to an activating group) is 1. The number of nitrogens with one attached hydrogen (secondary N) is 2. The van der Waals surface area contributed by atoms with E-state index in [0.717, 1.165) is 23.8 Å². The first-order valence-corrected chi connectivity index (χ1v) is 6.98. The second-order valence-corrected chi connectivity index (χ2v) is 4.84. The molecular formula is C16H26N4O. The van der Waals surface area contributed by atoms with Crippen LogP contribution in [-0.4, -0.2) is 52.2 Å². The molecule has 1 aromatic carbocycles. The van der Waals surface area contributed by atoms with Gasteiger partial charge in [-0.3, -0.25) is 4.99 Å². The maximum absolute atomic E-state index is 5.46. The molecule has 0 saturated heterocycles. The van der Waals surface area contributed by atoms with E-state index in [-0.39, 0.29) is 6.04 Å². The van der Waals surface area contributed by atoms with Crippen LogP contribution in [0.4, 0.5) is 0 Å². The van der Waals surface area contributed by atoms with Crippen LogP contribution >= 0.6 is 0 Å². The lowest BCUT2D eigenvalue weighted by atomic mass is 10.0. The number of hydrogen-bond donors (Lipinski definition) is 2. The summed E-state index contributed by atoms with van der Waals surface area (Å²) in [5, 5.41) is 6.49. The first-order valence-electron chi connectivity index (χ1n) is 6.98. The molecule has 1 unspecified atom stereocenters. The van der Waals surface area contributed by atoms with Crippen molar-refractivity contribution in [3.05, 3.63) is 42.5 Å². The second-order valence-electron chi connectivity index (χ2n) is 4.84. The Balaban J connectivity index is 2.81. The van der Waals surface area contributed by atoms with Crippen molar-refractivity contribution in [2.75, 3.05) is 41.3 Å². The van der Waals surface area contributed by atoms with Crippen molar-refractivity contribution in [2.24, 2.45) is 4.99 Å². The van der Waals surface area contributed by atoms with E-state index in [9.17, 15) is 0 Å². The number of benzene rings is 1. The summed E-state index contributed by atoms with van der Waals surface area (Å²) in [4.78, 5) is 6.35. The minimum absolute atomic E-state index is 0.184. The lowest BCUT2D eigenvalue weighted by Crippen LogP contribution is -2.41. The fourth-order valence-corrected chi connectivity index (χ4v) is 2.10. The minimum Gasteiger partial charge on any atom is -0.496 e. The van der Waals surface area contributed by atoms with E-state index < -0.39 is 0 Å². The molecule has 0 aliphatic carbocycles. The molecule has 1 aromatic rings. The maximum atomic E-state index is 5.46. The lowest BCUT2D eigenvalue weighted by molar-refractivity contribution is 0.288. The minimum atomic E-state index is 0.184. The average Bonchev–Trinajstić information content (AvgIpc) is 2.50. The molecule has 5 heteroatoms. The summed E-state index contributed by atoms with van der Waals surface area (Å²) in [5.74, 6) is 1.66. The highest BCUT2D eigenvalue weighted by Crippen LogP contribution is 2.27. The summed E-state index contributed by atoms with van der Waals surface area (Å²) in [7, 11) is 7.56. The number of aliphatic imine (C=N–C) groups is 1. The first-order chi connectivity index (χ1) is 10.1. The number of guanidine groups is 1. The van der Waals surface area contributed by atoms with Gasteiger partial charge in [0, 0.05) is 25.7 Å². The summed E-state index contributed by atoms with van der Waals surface area (Å²) < 4.78 is 5.46. The van der Waals surface area contributed by atoms with Gasteiger partial charge in [-0.15, -0.1) is 6.58 Å². The number of para-hydroxylation sites is 1. The van der Waals surface area contributed by atoms with Gasteiger partial charge >= 0.3 is 0 Å². The van der Waals surface area contributed by atoms with Crippen molar-refractivity contribution in [1.29, 1.82) is 0 Å². The van der Waals surface area contributed by atoms with Gasteiger partial charge in [-0.1, -0.05) is 24.3 Å². The van der Waals surface area contributed by atoms with Crippen molar-refractivity contribution < 1.29 is 4.74 Å². The van der Waals surface area contributed by atoms with Crippen molar-refractivity contribution in [1.82, 2.24) is 15.5 Å².